The van der Waals surface area contributed by atoms with Crippen molar-refractivity contribution in [1.82, 2.24) is 0 Å². The molecule has 3 atom stereocenters. The van der Waals surface area contributed by atoms with Crippen LogP contribution in [0.25, 0.3) is 0 Å². The van der Waals surface area contributed by atoms with Crippen LogP contribution in [-0.4, -0.2) is 46.3 Å². The fraction of sp³-hybridized carbons (Fsp3) is 1.00. The molecule has 0 radical (unpaired) electrons. The first kappa shape index (κ1) is 18.5. The monoisotopic (exact) mass is 328 g/mol. The van der Waals surface area contributed by atoms with Crippen molar-refractivity contribution in [3.8, 4) is 0 Å². The van der Waals surface area contributed by atoms with Crippen LogP contribution in [0, 0.1) is 0 Å². The zero-order valence-corrected chi connectivity index (χ0v) is 9.36. The molecule has 3 nitrogen and oxygen atoms in total. The highest BCUT2D eigenvalue weighted by Gasteiger charge is 2.72. The van der Waals surface area contributed by atoms with Gasteiger partial charge in [-0.25, -0.2) is 22.0 Å². The molecule has 0 aliphatic rings. The van der Waals surface area contributed by atoms with Crippen molar-refractivity contribution in [3.05, 3.63) is 0 Å². The minimum Gasteiger partial charge on any atom is -0.322 e. The van der Waals surface area contributed by atoms with Crippen LogP contribution in [0.4, 0.5) is 39.5 Å². The second-order valence-electron chi connectivity index (χ2n) is 3.35. The van der Waals surface area contributed by atoms with Crippen molar-refractivity contribution in [3.63, 3.8) is 0 Å². The van der Waals surface area contributed by atoms with Crippen LogP contribution in [0.15, 0.2) is 0 Å². The quantitative estimate of drug-likeness (QED) is 0.582. The van der Waals surface area contributed by atoms with E-state index in [0.717, 1.165) is 0 Å². The molecule has 0 aromatic carbocycles. The smallest absolute Gasteiger partial charge is 0.322 e. The van der Waals surface area contributed by atoms with Crippen LogP contribution in [-0.2, 0) is 4.57 Å². The van der Waals surface area contributed by atoms with Gasteiger partial charge in [0.1, 0.15) is 0 Å². The van der Waals surface area contributed by atoms with Crippen LogP contribution in [0.3, 0.4) is 0 Å². The minimum absolute atomic E-state index is 4.38. The van der Waals surface area contributed by atoms with E-state index in [1.165, 1.54) is 0 Å². The maximum absolute atomic E-state index is 12.7. The molecule has 0 spiro atoms. The van der Waals surface area contributed by atoms with E-state index in [0.29, 0.717) is 0 Å². The average molecular weight is 328 g/mol. The first-order valence-corrected chi connectivity index (χ1v) is 5.86. The van der Waals surface area contributed by atoms with Gasteiger partial charge < -0.3 is 9.79 Å². The summed E-state index contributed by atoms with van der Waals surface area (Å²) in [6.07, 6.45) is -13.7. The molecule has 0 amide bonds. The third kappa shape index (κ3) is 3.54. The van der Waals surface area contributed by atoms with Crippen molar-refractivity contribution in [2.45, 2.75) is 36.5 Å². The predicted molar refractivity (Wildman–Crippen MR) is 42.6 cm³/mol. The first-order valence-electron chi connectivity index (χ1n) is 4.18. The molecule has 0 aliphatic carbocycles. The van der Waals surface area contributed by atoms with Gasteiger partial charge in [0.05, 0.1) is 0 Å². The van der Waals surface area contributed by atoms with Gasteiger partial charge in [-0.2, -0.15) is 17.6 Å². The number of hydrogen-bond donors (Lipinski definition) is 2. The van der Waals surface area contributed by atoms with E-state index in [4.69, 9.17) is 9.79 Å². The molecule has 0 heterocycles. The van der Waals surface area contributed by atoms with E-state index in [1.54, 1.807) is 0 Å². The first-order chi connectivity index (χ1) is 8.17. The second-order valence-corrected chi connectivity index (χ2v) is 4.98. The van der Waals surface area contributed by atoms with E-state index < -0.39 is 44.1 Å². The van der Waals surface area contributed by atoms with Gasteiger partial charge >= 0.3 is 19.4 Å². The largest absolute Gasteiger partial charge is 0.366 e. The predicted octanol–water partition coefficient (Wildman–Crippen LogP) is 2.67. The molecular weight excluding hydrogens is 322 g/mol. The van der Waals surface area contributed by atoms with Gasteiger partial charge in [-0.15, -0.1) is 0 Å². The molecule has 19 heavy (non-hydrogen) atoms. The van der Waals surface area contributed by atoms with Crippen molar-refractivity contribution >= 4 is 7.60 Å². The molecular formula is C6H6F9O3P. The van der Waals surface area contributed by atoms with Crippen LogP contribution in [0.1, 0.15) is 0 Å². The van der Waals surface area contributed by atoms with Crippen LogP contribution in [0.5, 0.6) is 0 Å². The lowest BCUT2D eigenvalue weighted by molar-refractivity contribution is -0.267. The van der Waals surface area contributed by atoms with E-state index in [1.807, 2.05) is 0 Å². The Hall–Kier alpha value is -0.480. The molecule has 0 fully saturated rings. The topological polar surface area (TPSA) is 57.5 Å². The average Bonchev–Trinajstić information content (AvgIpc) is 2.23. The van der Waals surface area contributed by atoms with Gasteiger partial charge in [-0.3, -0.25) is 4.57 Å². The number of rotatable bonds is 6. The zero-order chi connectivity index (χ0) is 15.8. The molecule has 0 saturated heterocycles. The minimum atomic E-state index is -6.44. The van der Waals surface area contributed by atoms with Gasteiger partial charge in [0.25, 0.3) is 12.3 Å². The summed E-state index contributed by atoms with van der Waals surface area (Å²) in [7, 11) is -6.44. The highest BCUT2D eigenvalue weighted by Crippen LogP contribution is 2.55. The Bertz CT molecular complexity index is 356. The molecule has 0 saturated carbocycles. The second kappa shape index (κ2) is 5.49. The van der Waals surface area contributed by atoms with Gasteiger partial charge in [0, 0.05) is 0 Å². The van der Waals surface area contributed by atoms with Crippen molar-refractivity contribution < 1.29 is 53.9 Å². The summed E-state index contributed by atoms with van der Waals surface area (Å²) in [5, 5.41) is 0. The number of halogens is 9. The highest BCUT2D eigenvalue weighted by molar-refractivity contribution is 7.52. The maximum atomic E-state index is 12.7. The lowest BCUT2D eigenvalue weighted by atomic mass is 10.0. The Labute approximate surface area is 99.1 Å². The third-order valence-electron chi connectivity index (χ3n) is 1.91. The van der Waals surface area contributed by atoms with Crippen molar-refractivity contribution in [2.75, 3.05) is 0 Å². The molecule has 0 aromatic rings. The molecule has 0 rings (SSSR count). The zero-order valence-electron chi connectivity index (χ0n) is 8.46. The van der Waals surface area contributed by atoms with E-state index in [-0.39, 0.29) is 0 Å². The Morgan fingerprint density at radius 3 is 1.47 bits per heavy atom. The third-order valence-corrected chi connectivity index (χ3v) is 2.82. The molecule has 3 unspecified atom stereocenters. The molecule has 0 bridgehead atoms. The Balaban J connectivity index is 5.45. The lowest BCUT2D eigenvalue weighted by Crippen LogP contribution is -2.56. The Morgan fingerprint density at radius 1 is 0.842 bits per heavy atom. The van der Waals surface area contributed by atoms with E-state index in [9.17, 15) is 44.1 Å². The van der Waals surface area contributed by atoms with E-state index >= 15 is 0 Å². The fourth-order valence-electron chi connectivity index (χ4n) is 0.882. The van der Waals surface area contributed by atoms with Gasteiger partial charge in [-0.1, -0.05) is 0 Å². The summed E-state index contributed by atoms with van der Waals surface area (Å²) in [6.45, 7) is 0. The van der Waals surface area contributed by atoms with Gasteiger partial charge in [-0.05, 0) is 0 Å². The van der Waals surface area contributed by atoms with Crippen LogP contribution >= 0.6 is 7.60 Å². The van der Waals surface area contributed by atoms with Crippen molar-refractivity contribution in [2.24, 2.45) is 0 Å². The van der Waals surface area contributed by atoms with Gasteiger partial charge in [0.15, 0.2) is 6.17 Å². The molecule has 13 heteroatoms. The molecule has 2 N–H and O–H groups in total. The van der Waals surface area contributed by atoms with Crippen LogP contribution in [0.2, 0.25) is 0 Å². The number of hydrogen-bond acceptors (Lipinski definition) is 1. The molecule has 0 aromatic heterocycles. The standard InChI is InChI=1S/C6H6F9O3P/c7-1(3(9)10)2(8)5(12,13)6(14,15)4(11)19(16,17)18/h1-4H,(H2,16,17,18). The summed E-state index contributed by atoms with van der Waals surface area (Å²) in [4.78, 5) is 15.9. The summed E-state index contributed by atoms with van der Waals surface area (Å²) in [6, 6.07) is 0. The molecule has 0 aliphatic heterocycles. The van der Waals surface area contributed by atoms with Gasteiger partial charge in [0.2, 0.25) is 6.17 Å². The summed E-state index contributed by atoms with van der Waals surface area (Å²) < 4.78 is 121. The van der Waals surface area contributed by atoms with E-state index in [2.05, 4.69) is 0 Å². The summed E-state index contributed by atoms with van der Waals surface area (Å²) >= 11 is 0. The van der Waals surface area contributed by atoms with Crippen molar-refractivity contribution in [1.29, 1.82) is 0 Å². The summed E-state index contributed by atoms with van der Waals surface area (Å²) in [5.74, 6) is -17.6. The lowest BCUT2D eigenvalue weighted by Gasteiger charge is -2.32. The Morgan fingerprint density at radius 2 is 1.21 bits per heavy atom. The fourth-order valence-corrected chi connectivity index (χ4v) is 1.48. The number of alkyl halides is 9. The molecule has 116 valence electrons. The normalized spacial score (nSPS) is 19.4. The Kier molecular flexibility index (Phi) is 5.35. The summed E-state index contributed by atoms with van der Waals surface area (Å²) in [5.41, 5.74) is 0. The van der Waals surface area contributed by atoms with Crippen LogP contribution < -0.4 is 0 Å². The maximum Gasteiger partial charge on any atom is 0.366 e. The highest BCUT2D eigenvalue weighted by atomic mass is 31.2. The SMILES string of the molecule is O=P(O)(O)C(F)C(F)(F)C(F)(F)C(F)C(F)C(F)F.